The summed E-state index contributed by atoms with van der Waals surface area (Å²) < 4.78 is 4.51. The lowest BCUT2D eigenvalue weighted by molar-refractivity contribution is -0.385. The van der Waals surface area contributed by atoms with E-state index in [1.54, 1.807) is 26.0 Å². The van der Waals surface area contributed by atoms with Crippen LogP contribution in [0.3, 0.4) is 0 Å². The van der Waals surface area contributed by atoms with E-state index in [9.17, 15) is 19.7 Å². The first-order chi connectivity index (χ1) is 8.34. The second-order valence-corrected chi connectivity index (χ2v) is 4.53. The summed E-state index contributed by atoms with van der Waals surface area (Å²) in [5, 5.41) is 10.9. The fourth-order valence-electron chi connectivity index (χ4n) is 1.98. The number of carbonyl (C=O) groups is 2. The van der Waals surface area contributed by atoms with Crippen molar-refractivity contribution in [2.75, 3.05) is 0 Å². The molecule has 1 aliphatic rings. The molecule has 0 saturated carbocycles. The molecule has 94 valence electrons. The van der Waals surface area contributed by atoms with Gasteiger partial charge in [-0.1, -0.05) is 12.1 Å². The Hall–Kier alpha value is -2.24. The van der Waals surface area contributed by atoms with E-state index in [0.717, 1.165) is 0 Å². The van der Waals surface area contributed by atoms with E-state index in [4.69, 9.17) is 0 Å². The van der Waals surface area contributed by atoms with Crippen LogP contribution in [0.25, 0.3) is 0 Å². The number of nitrogens with zero attached hydrogens (tertiary/aromatic N) is 1. The van der Waals surface area contributed by atoms with Crippen LogP contribution in [0.15, 0.2) is 18.2 Å². The summed E-state index contributed by atoms with van der Waals surface area (Å²) in [5.41, 5.74) is -0.267. The number of carbonyl (C=O) groups excluding carboxylic acids is 2. The molecule has 18 heavy (non-hydrogen) atoms. The highest BCUT2D eigenvalue weighted by Crippen LogP contribution is 2.36. The Bertz CT molecular complexity index is 566. The van der Waals surface area contributed by atoms with Crippen LogP contribution >= 0.6 is 0 Å². The zero-order valence-electron chi connectivity index (χ0n) is 9.93. The molecule has 1 aromatic rings. The normalized spacial score (nSPS) is 23.0. The third kappa shape index (κ3) is 1.75. The lowest BCUT2D eigenvalue weighted by Crippen LogP contribution is -2.27. The fraction of sp³-hybridized carbons (Fsp3) is 0.333. The zero-order valence-corrected chi connectivity index (χ0v) is 9.93. The number of cyclic esters (lactones) is 2. The van der Waals surface area contributed by atoms with Gasteiger partial charge in [-0.3, -0.25) is 19.7 Å². The highest BCUT2D eigenvalue weighted by atomic mass is 16.6. The van der Waals surface area contributed by atoms with Crippen molar-refractivity contribution in [3.05, 3.63) is 39.4 Å². The van der Waals surface area contributed by atoms with Crippen LogP contribution in [0.5, 0.6) is 0 Å². The van der Waals surface area contributed by atoms with E-state index in [1.807, 2.05) is 0 Å². The third-order valence-electron chi connectivity index (χ3n) is 3.20. The standard InChI is InChI=1S/C12H11NO5/c1-7-3-4-8(5-9(7)13(16)17)12(2)6-10(14)18-11(12)15/h3-5H,6H2,1-2H3. The van der Waals surface area contributed by atoms with Gasteiger partial charge in [0.1, 0.15) is 5.41 Å². The van der Waals surface area contributed by atoms with Gasteiger partial charge in [0.25, 0.3) is 5.69 Å². The number of benzene rings is 1. The molecule has 1 atom stereocenters. The van der Waals surface area contributed by atoms with Crippen molar-refractivity contribution in [2.24, 2.45) is 0 Å². The lowest BCUT2D eigenvalue weighted by Gasteiger charge is -2.18. The Labute approximate surface area is 103 Å². The largest absolute Gasteiger partial charge is 0.392 e. The van der Waals surface area contributed by atoms with E-state index in [-0.39, 0.29) is 12.1 Å². The molecule has 0 aliphatic carbocycles. The van der Waals surface area contributed by atoms with Crippen LogP contribution in [0.2, 0.25) is 0 Å². The molecule has 0 bridgehead atoms. The molecule has 1 saturated heterocycles. The molecule has 0 amide bonds. The molecule has 1 heterocycles. The maximum atomic E-state index is 11.7. The Morgan fingerprint density at radius 1 is 1.39 bits per heavy atom. The molecule has 1 fully saturated rings. The van der Waals surface area contributed by atoms with Crippen LogP contribution in [-0.4, -0.2) is 16.9 Å². The van der Waals surface area contributed by atoms with Crippen molar-refractivity contribution in [1.82, 2.24) is 0 Å². The SMILES string of the molecule is Cc1ccc(C2(C)CC(=O)OC2=O)cc1[N+](=O)[O-]. The highest BCUT2D eigenvalue weighted by molar-refractivity contribution is 6.01. The Kier molecular flexibility index (Phi) is 2.65. The predicted octanol–water partition coefficient (Wildman–Crippen LogP) is 1.63. The van der Waals surface area contributed by atoms with Gasteiger partial charge < -0.3 is 4.74 Å². The van der Waals surface area contributed by atoms with Crippen molar-refractivity contribution in [3.63, 3.8) is 0 Å². The Morgan fingerprint density at radius 2 is 2.06 bits per heavy atom. The highest BCUT2D eigenvalue weighted by Gasteiger charge is 2.47. The summed E-state index contributed by atoms with van der Waals surface area (Å²) in [5.74, 6) is -1.27. The van der Waals surface area contributed by atoms with Crippen LogP contribution in [0, 0.1) is 17.0 Å². The summed E-state index contributed by atoms with van der Waals surface area (Å²) in [6, 6.07) is 4.51. The molecule has 1 unspecified atom stereocenters. The van der Waals surface area contributed by atoms with Gasteiger partial charge in [0.15, 0.2) is 0 Å². The minimum atomic E-state index is -1.13. The van der Waals surface area contributed by atoms with Gasteiger partial charge in [-0.25, -0.2) is 0 Å². The van der Waals surface area contributed by atoms with E-state index in [1.165, 1.54) is 6.07 Å². The second-order valence-electron chi connectivity index (χ2n) is 4.53. The molecule has 6 nitrogen and oxygen atoms in total. The zero-order chi connectivity index (χ0) is 13.5. The van der Waals surface area contributed by atoms with Gasteiger partial charge in [-0.05, 0) is 19.4 Å². The van der Waals surface area contributed by atoms with Crippen LogP contribution in [-0.2, 0) is 19.7 Å². The number of ether oxygens (including phenoxy) is 1. The summed E-state index contributed by atoms with van der Waals surface area (Å²) in [7, 11) is 0. The molecule has 0 radical (unpaired) electrons. The quantitative estimate of drug-likeness (QED) is 0.344. The average Bonchev–Trinajstić information content (AvgIpc) is 2.53. The van der Waals surface area contributed by atoms with E-state index in [2.05, 4.69) is 4.74 Å². The summed E-state index contributed by atoms with van der Waals surface area (Å²) in [4.78, 5) is 33.2. The third-order valence-corrected chi connectivity index (χ3v) is 3.20. The van der Waals surface area contributed by atoms with Gasteiger partial charge in [-0.15, -0.1) is 0 Å². The number of nitro benzene ring substituents is 1. The number of nitro groups is 1. The monoisotopic (exact) mass is 249 g/mol. The fourth-order valence-corrected chi connectivity index (χ4v) is 1.98. The van der Waals surface area contributed by atoms with E-state index in [0.29, 0.717) is 11.1 Å². The molecule has 0 N–H and O–H groups in total. The van der Waals surface area contributed by atoms with Crippen molar-refractivity contribution in [2.45, 2.75) is 25.7 Å². The van der Waals surface area contributed by atoms with E-state index >= 15 is 0 Å². The first kappa shape index (κ1) is 12.2. The van der Waals surface area contributed by atoms with Crippen LogP contribution < -0.4 is 0 Å². The summed E-state index contributed by atoms with van der Waals surface area (Å²) in [6.07, 6.45) is -0.0912. The molecule has 6 heteroatoms. The number of aryl methyl sites for hydroxylation is 1. The Morgan fingerprint density at radius 3 is 2.56 bits per heavy atom. The van der Waals surface area contributed by atoms with Gasteiger partial charge in [-0.2, -0.15) is 0 Å². The maximum absolute atomic E-state index is 11.7. The van der Waals surface area contributed by atoms with Crippen LogP contribution in [0.1, 0.15) is 24.5 Å². The molecule has 0 spiro atoms. The van der Waals surface area contributed by atoms with E-state index < -0.39 is 22.3 Å². The molecule has 0 aromatic heterocycles. The van der Waals surface area contributed by atoms with Crippen molar-refractivity contribution < 1.29 is 19.2 Å². The number of esters is 2. The Balaban J connectivity index is 2.52. The first-order valence-electron chi connectivity index (χ1n) is 5.35. The predicted molar refractivity (Wildman–Crippen MR) is 60.9 cm³/mol. The lowest BCUT2D eigenvalue weighted by atomic mass is 9.80. The summed E-state index contributed by atoms with van der Waals surface area (Å²) >= 11 is 0. The molecule has 1 aromatic carbocycles. The van der Waals surface area contributed by atoms with Crippen molar-refractivity contribution in [3.8, 4) is 0 Å². The smallest absolute Gasteiger partial charge is 0.324 e. The average molecular weight is 249 g/mol. The topological polar surface area (TPSA) is 86.5 Å². The minimum absolute atomic E-state index is 0.0686. The number of hydrogen-bond donors (Lipinski definition) is 0. The molecule has 2 rings (SSSR count). The minimum Gasteiger partial charge on any atom is -0.392 e. The summed E-state index contributed by atoms with van der Waals surface area (Å²) in [6.45, 7) is 3.16. The number of rotatable bonds is 2. The molecule has 1 aliphatic heterocycles. The molecular formula is C12H11NO5. The number of hydrogen-bond acceptors (Lipinski definition) is 5. The second kappa shape index (κ2) is 3.90. The van der Waals surface area contributed by atoms with Gasteiger partial charge in [0.2, 0.25) is 0 Å². The van der Waals surface area contributed by atoms with Gasteiger partial charge in [0, 0.05) is 11.6 Å². The van der Waals surface area contributed by atoms with Gasteiger partial charge in [0.05, 0.1) is 11.3 Å². The maximum Gasteiger partial charge on any atom is 0.324 e. The van der Waals surface area contributed by atoms with Crippen molar-refractivity contribution >= 4 is 17.6 Å². The first-order valence-corrected chi connectivity index (χ1v) is 5.35. The van der Waals surface area contributed by atoms with Gasteiger partial charge >= 0.3 is 11.9 Å². The van der Waals surface area contributed by atoms with Crippen molar-refractivity contribution in [1.29, 1.82) is 0 Å². The molecular weight excluding hydrogens is 238 g/mol. The van der Waals surface area contributed by atoms with Crippen LogP contribution in [0.4, 0.5) is 5.69 Å².